The molecule has 92 valence electrons. The van der Waals surface area contributed by atoms with Crippen LogP contribution in [0.1, 0.15) is 18.1 Å². The van der Waals surface area contributed by atoms with Gasteiger partial charge in [-0.15, -0.1) is 0 Å². The molecule has 3 heteroatoms. The summed E-state index contributed by atoms with van der Waals surface area (Å²) in [6.07, 6.45) is 1.27. The van der Waals surface area contributed by atoms with Crippen LogP contribution in [0, 0.1) is 5.82 Å². The number of halogens is 2. The van der Waals surface area contributed by atoms with Crippen molar-refractivity contribution in [2.75, 3.05) is 6.61 Å². The number of hydrogen-bond donors (Lipinski definition) is 0. The predicted octanol–water partition coefficient (Wildman–Crippen LogP) is 4.61. The Bertz CT molecular complexity index is 561. The fourth-order valence-corrected chi connectivity index (χ4v) is 2.28. The van der Waals surface area contributed by atoms with Crippen molar-refractivity contribution in [3.63, 3.8) is 0 Å². The summed E-state index contributed by atoms with van der Waals surface area (Å²) >= 11 is 5.78. The first-order valence-corrected chi connectivity index (χ1v) is 6.29. The third-order valence-electron chi connectivity index (χ3n) is 3.24. The Balaban J connectivity index is 1.94. The summed E-state index contributed by atoms with van der Waals surface area (Å²) in [5.41, 5.74) is 2.51. The molecule has 1 atom stereocenters. The van der Waals surface area contributed by atoms with Crippen molar-refractivity contribution >= 4 is 11.6 Å². The van der Waals surface area contributed by atoms with Crippen LogP contribution < -0.4 is 0 Å². The summed E-state index contributed by atoms with van der Waals surface area (Å²) in [6, 6.07) is 12.8. The smallest absolute Gasteiger partial charge is 0.149 e. The van der Waals surface area contributed by atoms with Crippen LogP contribution >= 0.6 is 11.6 Å². The van der Waals surface area contributed by atoms with Crippen LogP contribution in [0.3, 0.4) is 0 Å². The van der Waals surface area contributed by atoms with Gasteiger partial charge in [-0.1, -0.05) is 48.0 Å². The molecule has 0 aromatic heterocycles. The molecule has 0 amide bonds. The molecule has 0 aliphatic carbocycles. The molecule has 0 N–H and O–H groups in total. The van der Waals surface area contributed by atoms with Crippen molar-refractivity contribution in [2.24, 2.45) is 0 Å². The van der Waals surface area contributed by atoms with Crippen molar-refractivity contribution in [1.82, 2.24) is 0 Å². The highest BCUT2D eigenvalue weighted by Gasteiger charge is 2.20. The summed E-state index contributed by atoms with van der Waals surface area (Å²) in [4.78, 5) is 0. The van der Waals surface area contributed by atoms with Gasteiger partial charge in [-0.2, -0.15) is 0 Å². The summed E-state index contributed by atoms with van der Waals surface area (Å²) in [5, 5.41) is 0.152. The highest BCUT2D eigenvalue weighted by atomic mass is 35.5. The molecule has 2 aromatic rings. The first-order valence-electron chi connectivity index (χ1n) is 5.91. The number of rotatable bonds is 2. The van der Waals surface area contributed by atoms with E-state index in [1.54, 1.807) is 18.2 Å². The maximum absolute atomic E-state index is 13.9. The van der Waals surface area contributed by atoms with Crippen LogP contribution in [0.5, 0.6) is 0 Å². The minimum atomic E-state index is -0.369. The minimum Gasteiger partial charge on any atom is -0.373 e. The lowest BCUT2D eigenvalue weighted by Crippen LogP contribution is -2.17. The average Bonchev–Trinajstić information content (AvgIpc) is 2.32. The van der Waals surface area contributed by atoms with E-state index in [0.717, 1.165) is 24.2 Å². The molecule has 1 saturated heterocycles. The number of benzene rings is 2. The van der Waals surface area contributed by atoms with Gasteiger partial charge in [-0.05, 0) is 17.2 Å². The van der Waals surface area contributed by atoms with E-state index in [4.69, 9.17) is 16.3 Å². The van der Waals surface area contributed by atoms with Gasteiger partial charge < -0.3 is 4.74 Å². The second-order valence-corrected chi connectivity index (χ2v) is 4.78. The van der Waals surface area contributed by atoms with E-state index in [0.29, 0.717) is 5.56 Å². The van der Waals surface area contributed by atoms with E-state index in [1.807, 2.05) is 24.3 Å². The average molecular weight is 263 g/mol. The predicted molar refractivity (Wildman–Crippen MR) is 70.2 cm³/mol. The van der Waals surface area contributed by atoms with E-state index in [2.05, 4.69) is 0 Å². The maximum Gasteiger partial charge on any atom is 0.149 e. The Morgan fingerprint density at radius 1 is 1.11 bits per heavy atom. The van der Waals surface area contributed by atoms with Gasteiger partial charge in [0.05, 0.1) is 17.7 Å². The summed E-state index contributed by atoms with van der Waals surface area (Å²) in [5.74, 6) is -0.369. The van der Waals surface area contributed by atoms with E-state index in [1.165, 1.54) is 0 Å². The van der Waals surface area contributed by atoms with E-state index in [9.17, 15) is 4.39 Å². The van der Waals surface area contributed by atoms with Crippen molar-refractivity contribution in [3.05, 3.63) is 58.9 Å². The van der Waals surface area contributed by atoms with Crippen LogP contribution in [0.4, 0.5) is 4.39 Å². The highest BCUT2D eigenvalue weighted by molar-refractivity contribution is 6.31. The van der Waals surface area contributed by atoms with E-state index in [-0.39, 0.29) is 16.9 Å². The van der Waals surface area contributed by atoms with Crippen LogP contribution in [0.25, 0.3) is 11.1 Å². The largest absolute Gasteiger partial charge is 0.373 e. The summed E-state index contributed by atoms with van der Waals surface area (Å²) < 4.78 is 19.3. The molecular formula is C15H12ClFO. The van der Waals surface area contributed by atoms with Gasteiger partial charge in [-0.3, -0.25) is 0 Å². The maximum atomic E-state index is 13.9. The molecule has 2 aromatic carbocycles. The Labute approximate surface area is 110 Å². The molecule has 1 heterocycles. The molecule has 1 aliphatic heterocycles. The number of ether oxygens (including phenoxy) is 1. The zero-order valence-corrected chi connectivity index (χ0v) is 10.5. The molecule has 1 nitrogen and oxygen atoms in total. The molecule has 0 spiro atoms. The lowest BCUT2D eigenvalue weighted by molar-refractivity contribution is -0.0527. The summed E-state index contributed by atoms with van der Waals surface area (Å²) in [6.45, 7) is 0.829. The van der Waals surface area contributed by atoms with Crippen molar-refractivity contribution in [3.8, 4) is 11.1 Å². The second-order valence-electron chi connectivity index (χ2n) is 4.37. The van der Waals surface area contributed by atoms with Gasteiger partial charge in [0.15, 0.2) is 0 Å². The van der Waals surface area contributed by atoms with Crippen LogP contribution in [0.15, 0.2) is 42.5 Å². The van der Waals surface area contributed by atoms with Gasteiger partial charge in [0, 0.05) is 12.0 Å². The molecule has 0 saturated carbocycles. The quantitative estimate of drug-likeness (QED) is 0.768. The Kier molecular flexibility index (Phi) is 3.06. The fraction of sp³-hybridized carbons (Fsp3) is 0.200. The molecule has 1 aliphatic rings. The monoisotopic (exact) mass is 262 g/mol. The molecule has 0 bridgehead atoms. The van der Waals surface area contributed by atoms with E-state index >= 15 is 0 Å². The van der Waals surface area contributed by atoms with E-state index < -0.39 is 0 Å². The van der Waals surface area contributed by atoms with Crippen molar-refractivity contribution in [1.29, 1.82) is 0 Å². The second kappa shape index (κ2) is 4.71. The SMILES string of the molecule is Fc1c(Cl)cccc1-c1ccc(C2CCO2)cc1. The lowest BCUT2D eigenvalue weighted by Gasteiger charge is -2.26. The first-order chi connectivity index (χ1) is 8.75. The molecule has 18 heavy (non-hydrogen) atoms. The minimum absolute atomic E-state index is 0.152. The third kappa shape index (κ3) is 2.02. The van der Waals surface area contributed by atoms with Crippen LogP contribution in [0.2, 0.25) is 5.02 Å². The van der Waals surface area contributed by atoms with Gasteiger partial charge in [0.25, 0.3) is 0 Å². The first kappa shape index (κ1) is 11.7. The Morgan fingerprint density at radius 3 is 2.44 bits per heavy atom. The third-order valence-corrected chi connectivity index (χ3v) is 3.54. The fourth-order valence-electron chi connectivity index (χ4n) is 2.10. The topological polar surface area (TPSA) is 9.23 Å². The standard InChI is InChI=1S/C15H12ClFO/c16-13-3-1-2-12(15(13)17)10-4-6-11(7-5-10)14-8-9-18-14/h1-7,14H,8-9H2. The van der Waals surface area contributed by atoms with Gasteiger partial charge in [-0.25, -0.2) is 4.39 Å². The normalized spacial score (nSPS) is 18.4. The lowest BCUT2D eigenvalue weighted by atomic mass is 9.99. The van der Waals surface area contributed by atoms with Crippen LogP contribution in [-0.2, 0) is 4.74 Å². The van der Waals surface area contributed by atoms with Crippen molar-refractivity contribution in [2.45, 2.75) is 12.5 Å². The summed E-state index contributed by atoms with van der Waals surface area (Å²) in [7, 11) is 0. The molecular weight excluding hydrogens is 251 g/mol. The molecule has 1 unspecified atom stereocenters. The Hall–Kier alpha value is -1.38. The molecule has 3 rings (SSSR count). The van der Waals surface area contributed by atoms with Crippen LogP contribution in [-0.4, -0.2) is 6.61 Å². The zero-order valence-electron chi connectivity index (χ0n) is 9.70. The van der Waals surface area contributed by atoms with Gasteiger partial charge >= 0.3 is 0 Å². The van der Waals surface area contributed by atoms with Crippen molar-refractivity contribution < 1.29 is 9.13 Å². The van der Waals surface area contributed by atoms with Gasteiger partial charge in [0.1, 0.15) is 5.82 Å². The van der Waals surface area contributed by atoms with Gasteiger partial charge in [0.2, 0.25) is 0 Å². The zero-order chi connectivity index (χ0) is 12.5. The molecule has 1 fully saturated rings. The highest BCUT2D eigenvalue weighted by Crippen LogP contribution is 2.32. The number of hydrogen-bond acceptors (Lipinski definition) is 1. The molecule has 0 radical (unpaired) electrons. The Morgan fingerprint density at radius 2 is 1.83 bits per heavy atom.